The summed E-state index contributed by atoms with van der Waals surface area (Å²) >= 11 is 0. The van der Waals surface area contributed by atoms with Gasteiger partial charge < -0.3 is 26.3 Å². The SMILES string of the molecule is CN/C=C(\C=N)c1ccc2cnc(NC(=O)c3ccnc(N4CCNCC4)c3)cc2c1. The summed E-state index contributed by atoms with van der Waals surface area (Å²) < 4.78 is 0. The summed E-state index contributed by atoms with van der Waals surface area (Å²) in [5, 5.41) is 18.7. The summed E-state index contributed by atoms with van der Waals surface area (Å²) in [6.45, 7) is 3.55. The molecule has 0 saturated carbocycles. The lowest BCUT2D eigenvalue weighted by Gasteiger charge is -2.28. The fourth-order valence-corrected chi connectivity index (χ4v) is 3.57. The van der Waals surface area contributed by atoms with Crippen molar-refractivity contribution in [1.29, 1.82) is 5.41 Å². The van der Waals surface area contributed by atoms with Gasteiger partial charge in [-0.1, -0.05) is 12.1 Å². The van der Waals surface area contributed by atoms with Crippen LogP contribution in [0.3, 0.4) is 0 Å². The van der Waals surface area contributed by atoms with E-state index in [4.69, 9.17) is 5.41 Å². The Hall–Kier alpha value is -3.78. The zero-order valence-electron chi connectivity index (χ0n) is 17.4. The van der Waals surface area contributed by atoms with Crippen molar-refractivity contribution < 1.29 is 4.79 Å². The molecule has 3 heterocycles. The summed E-state index contributed by atoms with van der Waals surface area (Å²) in [6.07, 6.45) is 6.48. The molecule has 1 aliphatic heterocycles. The van der Waals surface area contributed by atoms with Crippen molar-refractivity contribution in [2.24, 2.45) is 0 Å². The highest BCUT2D eigenvalue weighted by atomic mass is 16.1. The first kappa shape index (κ1) is 20.5. The van der Waals surface area contributed by atoms with Crippen LogP contribution in [0, 0.1) is 5.41 Å². The number of fused-ring (bicyclic) bond motifs is 1. The number of benzene rings is 1. The molecule has 31 heavy (non-hydrogen) atoms. The van der Waals surface area contributed by atoms with Crippen molar-refractivity contribution >= 4 is 40.1 Å². The minimum atomic E-state index is -0.225. The Bertz CT molecular complexity index is 1140. The number of allylic oxidation sites excluding steroid dienone is 1. The molecule has 0 spiro atoms. The maximum Gasteiger partial charge on any atom is 0.257 e. The molecule has 8 nitrogen and oxygen atoms in total. The molecule has 1 amide bonds. The second-order valence-corrected chi connectivity index (χ2v) is 7.26. The highest BCUT2D eigenvalue weighted by Crippen LogP contribution is 2.22. The van der Waals surface area contributed by atoms with E-state index in [9.17, 15) is 4.79 Å². The van der Waals surface area contributed by atoms with E-state index in [1.165, 1.54) is 6.21 Å². The number of pyridine rings is 2. The standard InChI is InChI=1S/C23H25N7O/c1-25-14-20(13-24)16-2-3-18-15-28-21(11-19(18)10-16)29-23(31)17-4-5-27-22(12-17)30-8-6-26-7-9-30/h2-5,10-15,24-26H,6-9H2,1H3,(H,28,29,31)/b20-14+,24-13?. The maximum atomic E-state index is 12.8. The number of hydrogen-bond donors (Lipinski definition) is 4. The first-order valence-corrected chi connectivity index (χ1v) is 10.2. The second kappa shape index (κ2) is 9.36. The van der Waals surface area contributed by atoms with E-state index in [1.807, 2.05) is 30.3 Å². The number of nitrogens with one attached hydrogen (secondary N) is 4. The average Bonchev–Trinajstić information content (AvgIpc) is 2.82. The van der Waals surface area contributed by atoms with Gasteiger partial charge in [0.25, 0.3) is 5.91 Å². The van der Waals surface area contributed by atoms with Crippen LogP contribution in [0.2, 0.25) is 0 Å². The number of rotatable bonds is 6. The van der Waals surface area contributed by atoms with E-state index < -0.39 is 0 Å². The predicted molar refractivity (Wildman–Crippen MR) is 125 cm³/mol. The van der Waals surface area contributed by atoms with E-state index in [0.717, 1.165) is 53.9 Å². The normalized spacial score (nSPS) is 14.4. The largest absolute Gasteiger partial charge is 0.393 e. The second-order valence-electron chi connectivity index (χ2n) is 7.26. The van der Waals surface area contributed by atoms with Gasteiger partial charge in [0.15, 0.2) is 0 Å². The number of anilines is 2. The molecule has 0 atom stereocenters. The Morgan fingerprint density at radius 2 is 1.94 bits per heavy atom. The molecule has 0 bridgehead atoms. The first-order valence-electron chi connectivity index (χ1n) is 10.2. The Morgan fingerprint density at radius 3 is 2.71 bits per heavy atom. The van der Waals surface area contributed by atoms with Crippen LogP contribution in [-0.4, -0.2) is 55.3 Å². The quantitative estimate of drug-likeness (QED) is 0.461. The highest BCUT2D eigenvalue weighted by Gasteiger charge is 2.14. The van der Waals surface area contributed by atoms with Crippen LogP contribution in [0.25, 0.3) is 16.3 Å². The Balaban J connectivity index is 1.56. The minimum Gasteiger partial charge on any atom is -0.393 e. The number of carbonyl (C=O) groups is 1. The van der Waals surface area contributed by atoms with Crippen LogP contribution >= 0.6 is 0 Å². The Labute approximate surface area is 180 Å². The Morgan fingerprint density at radius 1 is 1.10 bits per heavy atom. The molecule has 4 N–H and O–H groups in total. The van der Waals surface area contributed by atoms with Crippen LogP contribution < -0.4 is 20.9 Å². The number of aromatic nitrogens is 2. The monoisotopic (exact) mass is 415 g/mol. The molecule has 1 aliphatic rings. The third-order valence-electron chi connectivity index (χ3n) is 5.20. The molecule has 0 unspecified atom stereocenters. The van der Waals surface area contributed by atoms with Crippen molar-refractivity contribution in [3.8, 4) is 0 Å². The van der Waals surface area contributed by atoms with E-state index in [-0.39, 0.29) is 5.91 Å². The minimum absolute atomic E-state index is 0.225. The van der Waals surface area contributed by atoms with Crippen LogP contribution in [0.15, 0.2) is 55.0 Å². The van der Waals surface area contributed by atoms with Crippen molar-refractivity contribution in [1.82, 2.24) is 20.6 Å². The van der Waals surface area contributed by atoms with Crippen LogP contribution in [0.5, 0.6) is 0 Å². The van der Waals surface area contributed by atoms with Crippen molar-refractivity contribution in [3.05, 3.63) is 66.1 Å². The lowest BCUT2D eigenvalue weighted by Crippen LogP contribution is -2.43. The van der Waals surface area contributed by atoms with Gasteiger partial charge in [-0.05, 0) is 35.2 Å². The van der Waals surface area contributed by atoms with Gasteiger partial charge in [-0.25, -0.2) is 9.97 Å². The van der Waals surface area contributed by atoms with Gasteiger partial charge >= 0.3 is 0 Å². The highest BCUT2D eigenvalue weighted by molar-refractivity contribution is 6.09. The molecule has 1 aromatic carbocycles. The number of hydrogen-bond acceptors (Lipinski definition) is 7. The van der Waals surface area contributed by atoms with E-state index >= 15 is 0 Å². The molecule has 0 radical (unpaired) electrons. The van der Waals surface area contributed by atoms with E-state index in [1.54, 1.807) is 31.7 Å². The van der Waals surface area contributed by atoms with Gasteiger partial charge in [0, 0.05) is 74.6 Å². The topological polar surface area (TPSA) is 106 Å². The van der Waals surface area contributed by atoms with Crippen LogP contribution in [0.1, 0.15) is 15.9 Å². The van der Waals surface area contributed by atoms with Crippen LogP contribution in [-0.2, 0) is 0 Å². The summed E-state index contributed by atoms with van der Waals surface area (Å²) in [6, 6.07) is 11.3. The van der Waals surface area contributed by atoms with Gasteiger partial charge in [-0.3, -0.25) is 4.79 Å². The summed E-state index contributed by atoms with van der Waals surface area (Å²) in [5.74, 6) is 1.06. The van der Waals surface area contributed by atoms with Gasteiger partial charge in [0.2, 0.25) is 0 Å². The van der Waals surface area contributed by atoms with Crippen LogP contribution in [0.4, 0.5) is 11.6 Å². The van der Waals surface area contributed by atoms with Gasteiger partial charge in [0.05, 0.1) is 0 Å². The van der Waals surface area contributed by atoms with Crippen molar-refractivity contribution in [2.45, 2.75) is 0 Å². The zero-order valence-corrected chi connectivity index (χ0v) is 17.4. The van der Waals surface area contributed by atoms with Gasteiger partial charge in [0.1, 0.15) is 11.6 Å². The number of carbonyl (C=O) groups excluding carboxylic acids is 1. The molecule has 1 saturated heterocycles. The molecule has 8 heteroatoms. The third kappa shape index (κ3) is 4.70. The van der Waals surface area contributed by atoms with Gasteiger partial charge in [-0.15, -0.1) is 0 Å². The third-order valence-corrected chi connectivity index (χ3v) is 5.20. The zero-order chi connectivity index (χ0) is 21.6. The van der Waals surface area contributed by atoms with E-state index in [2.05, 4.69) is 30.8 Å². The summed E-state index contributed by atoms with van der Waals surface area (Å²) in [5.41, 5.74) is 2.22. The Kier molecular flexibility index (Phi) is 6.18. The fraction of sp³-hybridized carbons (Fsp3) is 0.217. The first-order chi connectivity index (χ1) is 15.2. The summed E-state index contributed by atoms with van der Waals surface area (Å²) in [7, 11) is 1.80. The smallest absolute Gasteiger partial charge is 0.257 e. The molecular weight excluding hydrogens is 390 g/mol. The molecule has 158 valence electrons. The average molecular weight is 416 g/mol. The lowest BCUT2D eigenvalue weighted by molar-refractivity contribution is 0.102. The maximum absolute atomic E-state index is 12.8. The van der Waals surface area contributed by atoms with E-state index in [0.29, 0.717) is 11.4 Å². The predicted octanol–water partition coefficient (Wildman–Crippen LogP) is 2.50. The van der Waals surface area contributed by atoms with Crippen molar-refractivity contribution in [2.75, 3.05) is 43.4 Å². The fourth-order valence-electron chi connectivity index (χ4n) is 3.57. The lowest BCUT2D eigenvalue weighted by atomic mass is 10.0. The number of piperazine rings is 1. The molecule has 2 aromatic heterocycles. The molecule has 0 aliphatic carbocycles. The molecular formula is C23H25N7O. The molecule has 4 rings (SSSR count). The molecule has 1 fully saturated rings. The summed E-state index contributed by atoms with van der Waals surface area (Å²) in [4.78, 5) is 23.8. The number of nitrogens with zero attached hydrogens (tertiary/aromatic N) is 3. The number of amides is 1. The van der Waals surface area contributed by atoms with Gasteiger partial charge in [-0.2, -0.15) is 0 Å². The molecule has 3 aromatic rings. The van der Waals surface area contributed by atoms with Crippen molar-refractivity contribution in [3.63, 3.8) is 0 Å².